The van der Waals surface area contributed by atoms with Gasteiger partial charge in [0.25, 0.3) is 0 Å². The van der Waals surface area contributed by atoms with Gasteiger partial charge in [-0.1, -0.05) is 30.3 Å². The average molecular weight is 202 g/mol. The fourth-order valence-electron chi connectivity index (χ4n) is 1.56. The highest BCUT2D eigenvalue weighted by atomic mass is 16.3. The van der Waals surface area contributed by atoms with Crippen LogP contribution in [0.25, 0.3) is 0 Å². The van der Waals surface area contributed by atoms with Gasteiger partial charge in [-0.3, -0.25) is 0 Å². The van der Waals surface area contributed by atoms with Crippen LogP contribution in [0.1, 0.15) is 23.8 Å². The summed E-state index contributed by atoms with van der Waals surface area (Å²) >= 11 is 0. The van der Waals surface area contributed by atoms with Crippen molar-refractivity contribution in [3.8, 4) is 0 Å². The van der Waals surface area contributed by atoms with Crippen LogP contribution in [0, 0.1) is 0 Å². The maximum Gasteiger partial charge on any atom is 0.0921 e. The summed E-state index contributed by atoms with van der Waals surface area (Å²) in [6, 6.07) is 9.71. The summed E-state index contributed by atoms with van der Waals surface area (Å²) in [5.74, 6) is 0. The van der Waals surface area contributed by atoms with Crippen molar-refractivity contribution < 1.29 is 5.11 Å². The maximum absolute atomic E-state index is 9.89. The van der Waals surface area contributed by atoms with Crippen LogP contribution in [-0.4, -0.2) is 15.1 Å². The Labute approximate surface area is 88.8 Å². The maximum atomic E-state index is 9.89. The Morgan fingerprint density at radius 2 is 2.07 bits per heavy atom. The molecule has 1 unspecified atom stereocenters. The highest BCUT2D eigenvalue weighted by Crippen LogP contribution is 2.17. The van der Waals surface area contributed by atoms with Crippen molar-refractivity contribution in [3.63, 3.8) is 0 Å². The molecule has 0 aliphatic rings. The number of nitrogens with zero attached hydrogens (tertiary/aromatic N) is 1. The fraction of sp³-hybridized carbons (Fsp3) is 0.250. The van der Waals surface area contributed by atoms with Crippen LogP contribution < -0.4 is 0 Å². The second-order valence-corrected chi connectivity index (χ2v) is 3.54. The van der Waals surface area contributed by atoms with E-state index in [4.69, 9.17) is 0 Å². The number of aryl methyl sites for hydroxylation is 1. The third-order valence-electron chi connectivity index (χ3n) is 2.43. The predicted octanol–water partition coefficient (Wildman–Crippen LogP) is 2.08. The van der Waals surface area contributed by atoms with E-state index < -0.39 is 6.10 Å². The second kappa shape index (κ2) is 4.75. The molecule has 2 rings (SSSR count). The molecule has 0 amide bonds. The zero-order valence-electron chi connectivity index (χ0n) is 8.43. The van der Waals surface area contributed by atoms with Gasteiger partial charge in [0.1, 0.15) is 0 Å². The molecule has 15 heavy (non-hydrogen) atoms. The van der Waals surface area contributed by atoms with Crippen LogP contribution in [0.4, 0.5) is 0 Å². The molecule has 0 bridgehead atoms. The quantitative estimate of drug-likeness (QED) is 0.797. The zero-order valence-corrected chi connectivity index (χ0v) is 8.43. The van der Waals surface area contributed by atoms with Gasteiger partial charge in [0.2, 0.25) is 0 Å². The Morgan fingerprint density at radius 3 is 2.73 bits per heavy atom. The van der Waals surface area contributed by atoms with Crippen molar-refractivity contribution >= 4 is 0 Å². The summed E-state index contributed by atoms with van der Waals surface area (Å²) in [5, 5.41) is 9.89. The van der Waals surface area contributed by atoms with E-state index in [9.17, 15) is 5.11 Å². The lowest BCUT2D eigenvalue weighted by Gasteiger charge is -2.09. The van der Waals surface area contributed by atoms with Gasteiger partial charge >= 0.3 is 0 Å². The van der Waals surface area contributed by atoms with Crippen molar-refractivity contribution in [3.05, 3.63) is 54.1 Å². The Morgan fingerprint density at radius 1 is 1.27 bits per heavy atom. The largest absolute Gasteiger partial charge is 0.388 e. The van der Waals surface area contributed by atoms with E-state index in [1.165, 1.54) is 0 Å². The predicted molar refractivity (Wildman–Crippen MR) is 58.3 cm³/mol. The van der Waals surface area contributed by atoms with E-state index in [0.717, 1.165) is 17.7 Å². The van der Waals surface area contributed by atoms with E-state index in [1.807, 2.05) is 30.3 Å². The van der Waals surface area contributed by atoms with Crippen LogP contribution in [0.3, 0.4) is 0 Å². The number of aromatic nitrogens is 2. The van der Waals surface area contributed by atoms with Crippen LogP contribution in [0.2, 0.25) is 0 Å². The average Bonchev–Trinajstić information content (AvgIpc) is 2.80. The molecule has 1 aromatic heterocycles. The minimum absolute atomic E-state index is 0.394. The first-order chi connectivity index (χ1) is 7.36. The Bertz CT molecular complexity index is 383. The van der Waals surface area contributed by atoms with E-state index in [1.54, 1.807) is 12.5 Å². The van der Waals surface area contributed by atoms with Gasteiger partial charge in [-0.25, -0.2) is 4.98 Å². The number of hydrogen-bond acceptors (Lipinski definition) is 2. The highest BCUT2D eigenvalue weighted by molar-refractivity contribution is 5.17. The first kappa shape index (κ1) is 9.93. The van der Waals surface area contributed by atoms with Crippen LogP contribution in [-0.2, 0) is 6.42 Å². The van der Waals surface area contributed by atoms with Crippen molar-refractivity contribution in [2.45, 2.75) is 18.9 Å². The molecule has 1 aromatic carbocycles. The number of H-pyrrole nitrogens is 1. The molecule has 0 fully saturated rings. The molecule has 1 atom stereocenters. The summed E-state index contributed by atoms with van der Waals surface area (Å²) in [5.41, 5.74) is 2.03. The molecule has 0 aliphatic heterocycles. The van der Waals surface area contributed by atoms with Crippen molar-refractivity contribution in [1.29, 1.82) is 0 Å². The number of benzene rings is 1. The molecule has 3 heteroatoms. The Kier molecular flexibility index (Phi) is 3.15. The lowest BCUT2D eigenvalue weighted by Crippen LogP contribution is -1.99. The highest BCUT2D eigenvalue weighted by Gasteiger charge is 2.06. The van der Waals surface area contributed by atoms with E-state index in [-0.39, 0.29) is 0 Å². The van der Waals surface area contributed by atoms with Gasteiger partial charge in [-0.05, 0) is 18.4 Å². The minimum atomic E-state index is -0.394. The molecule has 2 N–H and O–H groups in total. The molecule has 1 heterocycles. The van der Waals surface area contributed by atoms with Crippen LogP contribution in [0.15, 0.2) is 42.9 Å². The first-order valence-corrected chi connectivity index (χ1v) is 5.06. The van der Waals surface area contributed by atoms with Crippen molar-refractivity contribution in [1.82, 2.24) is 9.97 Å². The SMILES string of the molecule is OC(CCc1cnc[nH]1)c1ccccc1. The van der Waals surface area contributed by atoms with Crippen LogP contribution >= 0.6 is 0 Å². The van der Waals surface area contributed by atoms with E-state index in [2.05, 4.69) is 9.97 Å². The Balaban J connectivity index is 1.90. The zero-order chi connectivity index (χ0) is 10.5. The molecule has 2 aromatic rings. The lowest BCUT2D eigenvalue weighted by atomic mass is 10.0. The lowest BCUT2D eigenvalue weighted by molar-refractivity contribution is 0.167. The minimum Gasteiger partial charge on any atom is -0.388 e. The second-order valence-electron chi connectivity index (χ2n) is 3.54. The summed E-state index contributed by atoms with van der Waals surface area (Å²) in [7, 11) is 0. The van der Waals surface area contributed by atoms with Crippen molar-refractivity contribution in [2.75, 3.05) is 0 Å². The number of aliphatic hydroxyl groups excluding tert-OH is 1. The van der Waals surface area contributed by atoms with Gasteiger partial charge in [-0.15, -0.1) is 0 Å². The summed E-state index contributed by atoms with van der Waals surface area (Å²) < 4.78 is 0. The summed E-state index contributed by atoms with van der Waals surface area (Å²) in [4.78, 5) is 6.96. The topological polar surface area (TPSA) is 48.9 Å². The molecule has 0 radical (unpaired) electrons. The third kappa shape index (κ3) is 2.67. The number of imidazole rings is 1. The molecule has 0 saturated carbocycles. The van der Waals surface area contributed by atoms with Gasteiger partial charge in [0.05, 0.1) is 12.4 Å². The molecule has 0 aliphatic carbocycles. The fourth-order valence-corrected chi connectivity index (χ4v) is 1.56. The number of aliphatic hydroxyl groups is 1. The summed E-state index contributed by atoms with van der Waals surface area (Å²) in [6.07, 6.45) is 4.58. The molecular weight excluding hydrogens is 188 g/mol. The Hall–Kier alpha value is -1.61. The van der Waals surface area contributed by atoms with E-state index >= 15 is 0 Å². The number of rotatable bonds is 4. The van der Waals surface area contributed by atoms with Gasteiger partial charge < -0.3 is 10.1 Å². The van der Waals surface area contributed by atoms with Crippen LogP contribution in [0.5, 0.6) is 0 Å². The molecular formula is C12H14N2O. The normalized spacial score (nSPS) is 12.6. The monoisotopic (exact) mass is 202 g/mol. The molecule has 0 spiro atoms. The number of hydrogen-bond donors (Lipinski definition) is 2. The van der Waals surface area contributed by atoms with Crippen molar-refractivity contribution in [2.24, 2.45) is 0 Å². The van der Waals surface area contributed by atoms with Gasteiger partial charge in [0, 0.05) is 11.9 Å². The third-order valence-corrected chi connectivity index (χ3v) is 2.43. The number of nitrogens with one attached hydrogen (secondary N) is 1. The first-order valence-electron chi connectivity index (χ1n) is 5.06. The summed E-state index contributed by atoms with van der Waals surface area (Å²) in [6.45, 7) is 0. The molecule has 0 saturated heterocycles. The molecule has 3 nitrogen and oxygen atoms in total. The number of aromatic amines is 1. The standard InChI is InChI=1S/C12H14N2O/c15-12(10-4-2-1-3-5-10)7-6-11-8-13-9-14-11/h1-5,8-9,12,15H,6-7H2,(H,13,14). The van der Waals surface area contributed by atoms with Gasteiger partial charge in [-0.2, -0.15) is 0 Å². The smallest absolute Gasteiger partial charge is 0.0921 e. The molecule has 78 valence electrons. The van der Waals surface area contributed by atoms with Gasteiger partial charge in [0.15, 0.2) is 0 Å². The van der Waals surface area contributed by atoms with E-state index in [0.29, 0.717) is 6.42 Å².